The summed E-state index contributed by atoms with van der Waals surface area (Å²) in [4.78, 5) is 12.8. The monoisotopic (exact) mass is 412 g/mol. The van der Waals surface area contributed by atoms with E-state index in [1.54, 1.807) is 6.92 Å². The van der Waals surface area contributed by atoms with E-state index in [4.69, 9.17) is 9.47 Å². The Morgan fingerprint density at radius 1 is 1.38 bits per heavy atom. The van der Waals surface area contributed by atoms with Crippen molar-refractivity contribution < 1.29 is 27.8 Å². The highest BCUT2D eigenvalue weighted by Gasteiger charge is 2.48. The van der Waals surface area contributed by atoms with Crippen LogP contribution in [0.5, 0.6) is 0 Å². The molecule has 29 heavy (non-hydrogen) atoms. The van der Waals surface area contributed by atoms with Crippen molar-refractivity contribution in [2.45, 2.75) is 19.0 Å². The van der Waals surface area contributed by atoms with Crippen molar-refractivity contribution in [2.24, 2.45) is 9.98 Å². The van der Waals surface area contributed by atoms with Crippen molar-refractivity contribution in [1.82, 2.24) is 14.6 Å². The molecule has 0 spiro atoms. The zero-order valence-electron chi connectivity index (χ0n) is 15.9. The van der Waals surface area contributed by atoms with Gasteiger partial charge in [0.15, 0.2) is 5.65 Å². The molecule has 12 heteroatoms. The van der Waals surface area contributed by atoms with Crippen LogP contribution in [0.1, 0.15) is 12.6 Å². The molecule has 9 nitrogen and oxygen atoms in total. The summed E-state index contributed by atoms with van der Waals surface area (Å²) in [5, 5.41) is 13.8. The molecule has 3 heterocycles. The number of aliphatic hydroxyl groups excluding tert-OH is 1. The molecule has 1 aliphatic rings. The molecule has 1 fully saturated rings. The molecule has 0 amide bonds. The molecular weight excluding hydrogens is 393 g/mol. The highest BCUT2D eigenvalue weighted by molar-refractivity contribution is 5.81. The Balaban J connectivity index is 2.17. The van der Waals surface area contributed by atoms with Gasteiger partial charge in [0, 0.05) is 5.57 Å². The van der Waals surface area contributed by atoms with Gasteiger partial charge >= 0.3 is 6.02 Å². The van der Waals surface area contributed by atoms with Crippen LogP contribution in [0.25, 0.3) is 11.2 Å². The average Bonchev–Trinajstić information content (AvgIpc) is 3.20. The van der Waals surface area contributed by atoms with Crippen molar-refractivity contribution in [3.8, 4) is 0 Å². The number of fused-ring (bicyclic) bond motifs is 1. The van der Waals surface area contributed by atoms with Gasteiger partial charge in [0.1, 0.15) is 6.10 Å². The summed E-state index contributed by atoms with van der Waals surface area (Å²) in [6, 6.07) is 1.38. The van der Waals surface area contributed by atoms with Crippen LogP contribution in [0.4, 0.5) is 18.9 Å². The predicted octanol–water partition coefficient (Wildman–Crippen LogP) is 1.72. The molecule has 0 saturated carbocycles. The molecule has 2 aromatic heterocycles. The van der Waals surface area contributed by atoms with Gasteiger partial charge in [-0.2, -0.15) is 19.0 Å². The van der Waals surface area contributed by atoms with Gasteiger partial charge in [-0.3, -0.25) is 0 Å². The standard InChI is InChI=1S/C17H19F3N6O3/c1-9(15(28-3)23-16(21-2)29-4)10-5-11(14-22-6-13(18)26(14)24-10)25-7-12(27)17(19,20)8-25/h5-6,12,27H,2,7-8H2,1,3-4H3/b15-9-,23-16?. The van der Waals surface area contributed by atoms with Crippen LogP contribution in [0, 0.1) is 5.95 Å². The second-order valence-corrected chi connectivity index (χ2v) is 6.28. The van der Waals surface area contributed by atoms with Gasteiger partial charge in [-0.15, -0.1) is 0 Å². The Hall–Kier alpha value is -3.15. The zero-order chi connectivity index (χ0) is 21.3. The van der Waals surface area contributed by atoms with E-state index in [0.717, 1.165) is 10.7 Å². The Morgan fingerprint density at radius 3 is 2.66 bits per heavy atom. The average molecular weight is 412 g/mol. The SMILES string of the molecule is C=NC(=N/C(OC)=C(\C)c1cc(N2CC(O)C(F)(F)C2)c2ncc(F)n2n1)OC. The summed E-state index contributed by atoms with van der Waals surface area (Å²) in [5.74, 6) is -4.03. The second kappa shape index (κ2) is 7.70. The van der Waals surface area contributed by atoms with Crippen LogP contribution in [0.2, 0.25) is 0 Å². The third-order valence-corrected chi connectivity index (χ3v) is 4.44. The number of rotatable bonds is 4. The number of aromatic nitrogens is 3. The van der Waals surface area contributed by atoms with Crippen LogP contribution in [-0.2, 0) is 9.47 Å². The number of amidine groups is 1. The molecule has 1 unspecified atom stereocenters. The van der Waals surface area contributed by atoms with E-state index in [9.17, 15) is 18.3 Å². The van der Waals surface area contributed by atoms with Crippen molar-refractivity contribution in [3.63, 3.8) is 0 Å². The van der Waals surface area contributed by atoms with E-state index in [1.165, 1.54) is 25.2 Å². The first kappa shape index (κ1) is 20.6. The largest absolute Gasteiger partial charge is 0.481 e. The summed E-state index contributed by atoms with van der Waals surface area (Å²) < 4.78 is 52.9. The van der Waals surface area contributed by atoms with Crippen molar-refractivity contribution in [2.75, 3.05) is 32.2 Å². The molecule has 1 aliphatic heterocycles. The van der Waals surface area contributed by atoms with E-state index >= 15 is 0 Å². The Kier molecular flexibility index (Phi) is 5.46. The predicted molar refractivity (Wildman–Crippen MR) is 99.7 cm³/mol. The lowest BCUT2D eigenvalue weighted by Crippen LogP contribution is -2.31. The minimum absolute atomic E-state index is 0.0387. The normalized spacial score (nSPS) is 20.0. The molecule has 2 aromatic rings. The minimum atomic E-state index is -3.30. The molecule has 0 radical (unpaired) electrons. The molecule has 1 N–H and O–H groups in total. The maximum atomic E-state index is 14.2. The number of hydrogen-bond donors (Lipinski definition) is 1. The first-order chi connectivity index (χ1) is 13.7. The molecule has 0 aromatic carbocycles. The quantitative estimate of drug-likeness (QED) is 0.467. The van der Waals surface area contributed by atoms with Gasteiger partial charge in [-0.1, -0.05) is 0 Å². The zero-order valence-corrected chi connectivity index (χ0v) is 15.9. The van der Waals surface area contributed by atoms with E-state index < -0.39 is 24.5 Å². The molecule has 0 aliphatic carbocycles. The number of β-amino-alcohol motifs (C(OH)–C–C–N with tert-alkyl or cyclic N) is 1. The minimum Gasteiger partial charge on any atom is -0.481 e. The fourth-order valence-electron chi connectivity index (χ4n) is 2.92. The first-order valence-electron chi connectivity index (χ1n) is 8.41. The van der Waals surface area contributed by atoms with Crippen molar-refractivity contribution in [1.29, 1.82) is 0 Å². The van der Waals surface area contributed by atoms with Gasteiger partial charge < -0.3 is 19.5 Å². The Labute approximate surface area is 163 Å². The number of aliphatic imine (C=N–C) groups is 2. The van der Waals surface area contributed by atoms with E-state index in [-0.39, 0.29) is 35.5 Å². The van der Waals surface area contributed by atoms with Crippen LogP contribution >= 0.6 is 0 Å². The molecule has 1 atom stereocenters. The topological polar surface area (TPSA) is 96.8 Å². The second-order valence-electron chi connectivity index (χ2n) is 6.28. The van der Waals surface area contributed by atoms with E-state index in [0.29, 0.717) is 5.57 Å². The number of imidazole rings is 1. The maximum absolute atomic E-state index is 14.2. The van der Waals surface area contributed by atoms with Gasteiger partial charge in [0.25, 0.3) is 5.92 Å². The number of nitrogens with zero attached hydrogens (tertiary/aromatic N) is 6. The van der Waals surface area contributed by atoms with Crippen LogP contribution in [0.15, 0.2) is 28.1 Å². The Morgan fingerprint density at radius 2 is 2.10 bits per heavy atom. The first-order valence-corrected chi connectivity index (χ1v) is 8.41. The fraction of sp³-hybridized carbons (Fsp3) is 0.412. The number of aliphatic hydroxyl groups is 1. The van der Waals surface area contributed by atoms with Crippen LogP contribution in [0.3, 0.4) is 0 Å². The number of ether oxygens (including phenoxy) is 2. The van der Waals surface area contributed by atoms with E-state index in [1.807, 2.05) is 0 Å². The van der Waals surface area contributed by atoms with E-state index in [2.05, 4.69) is 26.8 Å². The van der Waals surface area contributed by atoms with Gasteiger partial charge in [0.2, 0.25) is 11.8 Å². The summed E-state index contributed by atoms with van der Waals surface area (Å²) >= 11 is 0. The van der Waals surface area contributed by atoms with Gasteiger partial charge in [0.05, 0.1) is 44.9 Å². The number of anilines is 1. The van der Waals surface area contributed by atoms with Crippen LogP contribution < -0.4 is 4.90 Å². The van der Waals surface area contributed by atoms with Crippen LogP contribution in [-0.4, -0.2) is 71.8 Å². The third kappa shape index (κ3) is 3.75. The number of halogens is 3. The highest BCUT2D eigenvalue weighted by Crippen LogP contribution is 2.34. The lowest BCUT2D eigenvalue weighted by Gasteiger charge is -2.19. The lowest BCUT2D eigenvalue weighted by molar-refractivity contribution is -0.0712. The number of hydrogen-bond acceptors (Lipinski definition) is 7. The van der Waals surface area contributed by atoms with Crippen molar-refractivity contribution in [3.05, 3.63) is 29.8 Å². The Bertz CT molecular complexity index is 1000. The fourth-order valence-corrected chi connectivity index (χ4v) is 2.92. The number of alkyl halides is 2. The molecule has 1 saturated heterocycles. The number of methoxy groups -OCH3 is 2. The number of allylic oxidation sites excluding steroid dienone is 1. The molecule has 156 valence electrons. The lowest BCUT2D eigenvalue weighted by atomic mass is 10.2. The smallest absolute Gasteiger partial charge is 0.318 e. The van der Waals surface area contributed by atoms with Gasteiger partial charge in [-0.05, 0) is 19.7 Å². The van der Waals surface area contributed by atoms with Gasteiger partial charge in [-0.25, -0.2) is 18.8 Å². The molecule has 0 bridgehead atoms. The summed E-state index contributed by atoms with van der Waals surface area (Å²) in [6.07, 6.45) is -0.919. The highest BCUT2D eigenvalue weighted by atomic mass is 19.3. The summed E-state index contributed by atoms with van der Waals surface area (Å²) in [6.45, 7) is 3.83. The molecular formula is C17H19F3N6O3. The maximum Gasteiger partial charge on any atom is 0.318 e. The summed E-state index contributed by atoms with van der Waals surface area (Å²) in [7, 11) is 2.70. The van der Waals surface area contributed by atoms with Crippen molar-refractivity contribution >= 4 is 29.6 Å². The third-order valence-electron chi connectivity index (χ3n) is 4.44. The summed E-state index contributed by atoms with van der Waals surface area (Å²) in [5.41, 5.74) is 0.766. The molecule has 3 rings (SSSR count).